The molecule has 1 fully saturated rings. The molecule has 1 aliphatic rings. The van der Waals surface area contributed by atoms with Gasteiger partial charge in [0.15, 0.2) is 0 Å². The minimum Gasteiger partial charge on any atom is -0.339 e. The number of amides is 1. The van der Waals surface area contributed by atoms with Crippen LogP contribution < -0.4 is 5.69 Å². The molecule has 0 atom stereocenters. The fraction of sp³-hybridized carbons (Fsp3) is 0.429. The summed E-state index contributed by atoms with van der Waals surface area (Å²) in [5, 5.41) is 0. The van der Waals surface area contributed by atoms with Gasteiger partial charge in [0.25, 0.3) is 5.91 Å². The molecule has 19 heavy (non-hydrogen) atoms. The molecule has 0 N–H and O–H groups in total. The van der Waals surface area contributed by atoms with E-state index in [-0.39, 0.29) is 11.6 Å². The molecule has 5 nitrogen and oxygen atoms in total. The number of nitrogens with zero attached hydrogens (tertiary/aromatic N) is 3. The van der Waals surface area contributed by atoms with Crippen molar-refractivity contribution in [1.82, 2.24) is 14.0 Å². The van der Waals surface area contributed by atoms with Crippen LogP contribution >= 0.6 is 0 Å². The molecule has 0 radical (unpaired) electrons. The monoisotopic (exact) mass is 259 g/mol. The summed E-state index contributed by atoms with van der Waals surface area (Å²) in [5.74, 6) is 0.0655. The van der Waals surface area contributed by atoms with E-state index in [2.05, 4.69) is 0 Å². The van der Waals surface area contributed by atoms with Crippen LogP contribution in [0.15, 0.2) is 23.0 Å². The number of carbonyl (C=O) groups is 1. The Balaban J connectivity index is 2.09. The maximum absolute atomic E-state index is 12.3. The highest BCUT2D eigenvalue weighted by Gasteiger charge is 2.20. The smallest absolute Gasteiger partial charge is 0.328 e. The molecule has 1 amide bonds. The molecular formula is C14H17N3O2. The van der Waals surface area contributed by atoms with Gasteiger partial charge in [-0.3, -0.25) is 13.9 Å². The number of aromatic nitrogens is 2. The van der Waals surface area contributed by atoms with Crippen molar-refractivity contribution in [3.63, 3.8) is 0 Å². The molecule has 1 aromatic heterocycles. The minimum atomic E-state index is -0.0687. The molecule has 5 heteroatoms. The Morgan fingerprint density at radius 2 is 1.68 bits per heavy atom. The van der Waals surface area contributed by atoms with E-state index >= 15 is 0 Å². The zero-order chi connectivity index (χ0) is 13.6. The standard InChI is InChI=1S/C14H17N3O2/c1-15-11-6-5-10(9-12(11)16(2)14(15)19)13(18)17-7-3-4-8-17/h5-6,9H,3-4,7-8H2,1-2H3. The first kappa shape index (κ1) is 12.0. The molecule has 0 unspecified atom stereocenters. The number of likely N-dealkylation sites (tertiary alicyclic amines) is 1. The van der Waals surface area contributed by atoms with Crippen LogP contribution in [0.25, 0.3) is 11.0 Å². The summed E-state index contributed by atoms with van der Waals surface area (Å²) in [6, 6.07) is 5.47. The molecule has 0 saturated carbocycles. The number of imidazole rings is 1. The van der Waals surface area contributed by atoms with Crippen LogP contribution in [-0.2, 0) is 14.1 Å². The van der Waals surface area contributed by atoms with E-state index < -0.39 is 0 Å². The molecule has 1 aliphatic heterocycles. The van der Waals surface area contributed by atoms with E-state index in [1.54, 1.807) is 23.2 Å². The first-order valence-corrected chi connectivity index (χ1v) is 6.54. The average Bonchev–Trinajstić information content (AvgIpc) is 3.03. The lowest BCUT2D eigenvalue weighted by molar-refractivity contribution is 0.0793. The van der Waals surface area contributed by atoms with Gasteiger partial charge in [0.2, 0.25) is 0 Å². The first-order chi connectivity index (χ1) is 9.09. The number of fused-ring (bicyclic) bond motifs is 1. The van der Waals surface area contributed by atoms with Crippen LogP contribution in [-0.4, -0.2) is 33.0 Å². The van der Waals surface area contributed by atoms with Crippen molar-refractivity contribution < 1.29 is 4.79 Å². The maximum atomic E-state index is 12.3. The Labute approximate surface area is 111 Å². The van der Waals surface area contributed by atoms with Gasteiger partial charge in [-0.05, 0) is 31.0 Å². The highest BCUT2D eigenvalue weighted by atomic mass is 16.2. The van der Waals surface area contributed by atoms with E-state index in [1.807, 2.05) is 23.1 Å². The van der Waals surface area contributed by atoms with Gasteiger partial charge in [0.1, 0.15) is 0 Å². The van der Waals surface area contributed by atoms with Crippen LogP contribution in [0.5, 0.6) is 0 Å². The third-order valence-electron chi connectivity index (χ3n) is 3.91. The van der Waals surface area contributed by atoms with Crippen LogP contribution in [0.4, 0.5) is 0 Å². The lowest BCUT2D eigenvalue weighted by atomic mass is 10.1. The van der Waals surface area contributed by atoms with Gasteiger partial charge in [-0.2, -0.15) is 0 Å². The normalized spacial score (nSPS) is 15.4. The van der Waals surface area contributed by atoms with Gasteiger partial charge in [0.05, 0.1) is 11.0 Å². The molecule has 0 bridgehead atoms. The summed E-state index contributed by atoms with van der Waals surface area (Å²) in [6.45, 7) is 1.68. The molecular weight excluding hydrogens is 242 g/mol. The summed E-state index contributed by atoms with van der Waals surface area (Å²) < 4.78 is 3.18. The van der Waals surface area contributed by atoms with Crippen LogP contribution in [0, 0.1) is 0 Å². The van der Waals surface area contributed by atoms with Crippen molar-refractivity contribution in [2.75, 3.05) is 13.1 Å². The van der Waals surface area contributed by atoms with Crippen LogP contribution in [0.1, 0.15) is 23.2 Å². The average molecular weight is 259 g/mol. The van der Waals surface area contributed by atoms with Gasteiger partial charge in [-0.15, -0.1) is 0 Å². The molecule has 0 aliphatic carbocycles. The molecule has 0 spiro atoms. The zero-order valence-corrected chi connectivity index (χ0v) is 11.2. The molecule has 2 aromatic rings. The highest BCUT2D eigenvalue weighted by Crippen LogP contribution is 2.17. The predicted molar refractivity (Wildman–Crippen MR) is 73.3 cm³/mol. The summed E-state index contributed by atoms with van der Waals surface area (Å²) in [5.41, 5.74) is 2.25. The van der Waals surface area contributed by atoms with Crippen molar-refractivity contribution in [2.24, 2.45) is 14.1 Å². The van der Waals surface area contributed by atoms with E-state index in [1.165, 1.54) is 0 Å². The number of hydrogen-bond acceptors (Lipinski definition) is 2. The number of rotatable bonds is 1. The molecule has 1 aromatic carbocycles. The molecule has 100 valence electrons. The molecule has 3 rings (SSSR count). The quantitative estimate of drug-likeness (QED) is 0.770. The highest BCUT2D eigenvalue weighted by molar-refractivity contribution is 5.97. The zero-order valence-electron chi connectivity index (χ0n) is 11.2. The Bertz CT molecular complexity index is 705. The van der Waals surface area contributed by atoms with E-state index in [9.17, 15) is 9.59 Å². The summed E-state index contributed by atoms with van der Waals surface area (Å²) in [7, 11) is 3.47. The molecule has 1 saturated heterocycles. The fourth-order valence-corrected chi connectivity index (χ4v) is 2.74. The minimum absolute atomic E-state index is 0.0655. The Hall–Kier alpha value is -2.04. The largest absolute Gasteiger partial charge is 0.339 e. The third-order valence-corrected chi connectivity index (χ3v) is 3.91. The van der Waals surface area contributed by atoms with Crippen molar-refractivity contribution >= 4 is 16.9 Å². The van der Waals surface area contributed by atoms with Gasteiger partial charge < -0.3 is 4.90 Å². The summed E-state index contributed by atoms with van der Waals surface area (Å²) in [4.78, 5) is 26.1. The van der Waals surface area contributed by atoms with E-state index in [0.717, 1.165) is 37.0 Å². The fourth-order valence-electron chi connectivity index (χ4n) is 2.74. The lowest BCUT2D eigenvalue weighted by Gasteiger charge is -2.15. The second kappa shape index (κ2) is 4.26. The Morgan fingerprint density at radius 1 is 1.05 bits per heavy atom. The van der Waals surface area contributed by atoms with Gasteiger partial charge >= 0.3 is 5.69 Å². The second-order valence-corrected chi connectivity index (χ2v) is 5.10. The van der Waals surface area contributed by atoms with Gasteiger partial charge in [-0.25, -0.2) is 4.79 Å². The summed E-state index contributed by atoms with van der Waals surface area (Å²) >= 11 is 0. The number of carbonyl (C=O) groups excluding carboxylic acids is 1. The van der Waals surface area contributed by atoms with E-state index in [4.69, 9.17) is 0 Å². The van der Waals surface area contributed by atoms with Crippen molar-refractivity contribution in [2.45, 2.75) is 12.8 Å². The molecule has 2 heterocycles. The lowest BCUT2D eigenvalue weighted by Crippen LogP contribution is -2.27. The Kier molecular flexibility index (Phi) is 2.69. The predicted octanol–water partition coefficient (Wildman–Crippen LogP) is 1.11. The Morgan fingerprint density at radius 3 is 2.37 bits per heavy atom. The number of hydrogen-bond donors (Lipinski definition) is 0. The van der Waals surface area contributed by atoms with Crippen LogP contribution in [0.2, 0.25) is 0 Å². The van der Waals surface area contributed by atoms with Gasteiger partial charge in [-0.1, -0.05) is 0 Å². The van der Waals surface area contributed by atoms with Crippen molar-refractivity contribution in [3.05, 3.63) is 34.2 Å². The maximum Gasteiger partial charge on any atom is 0.328 e. The van der Waals surface area contributed by atoms with Crippen LogP contribution in [0.3, 0.4) is 0 Å². The first-order valence-electron chi connectivity index (χ1n) is 6.54. The topological polar surface area (TPSA) is 47.2 Å². The second-order valence-electron chi connectivity index (χ2n) is 5.10. The van der Waals surface area contributed by atoms with E-state index in [0.29, 0.717) is 5.56 Å². The number of aryl methyl sites for hydroxylation is 2. The van der Waals surface area contributed by atoms with Gasteiger partial charge in [0, 0.05) is 32.7 Å². The summed E-state index contributed by atoms with van der Waals surface area (Å²) in [6.07, 6.45) is 2.16. The third kappa shape index (κ3) is 1.77. The number of benzene rings is 1. The SMILES string of the molecule is Cn1c(=O)n(C)c2cc(C(=O)N3CCCC3)ccc21. The van der Waals surface area contributed by atoms with Crippen molar-refractivity contribution in [3.8, 4) is 0 Å². The van der Waals surface area contributed by atoms with Crippen molar-refractivity contribution in [1.29, 1.82) is 0 Å².